The summed E-state index contributed by atoms with van der Waals surface area (Å²) in [5.74, 6) is 0. The third kappa shape index (κ3) is 5.95. The van der Waals surface area contributed by atoms with Gasteiger partial charge in [0.2, 0.25) is 4.38 Å². The molecule has 3 rings (SSSR count). The van der Waals surface area contributed by atoms with Crippen molar-refractivity contribution >= 4 is 38.8 Å². The van der Waals surface area contributed by atoms with Crippen LogP contribution < -0.4 is 0 Å². The molecule has 29 heavy (non-hydrogen) atoms. The van der Waals surface area contributed by atoms with E-state index in [0.29, 0.717) is 11.0 Å². The third-order valence-corrected chi connectivity index (χ3v) is 5.53. The highest BCUT2D eigenvalue weighted by atomic mass is 32.2. The van der Waals surface area contributed by atoms with Gasteiger partial charge < -0.3 is 4.74 Å². The fourth-order valence-corrected chi connectivity index (χ4v) is 4.12. The summed E-state index contributed by atoms with van der Waals surface area (Å²) in [4.78, 5) is 0.946. The number of thioether (sulfide) groups is 1. The zero-order valence-corrected chi connectivity index (χ0v) is 18.6. The molecular formula is C26H24OS2. The molecule has 0 atom stereocenters. The maximum Gasteiger partial charge on any atom is 0.225 e. The molecule has 0 saturated carbocycles. The van der Waals surface area contributed by atoms with E-state index in [-0.39, 0.29) is 0 Å². The van der Waals surface area contributed by atoms with E-state index in [1.54, 1.807) is 0 Å². The molecule has 146 valence electrons. The Labute approximate surface area is 183 Å². The van der Waals surface area contributed by atoms with Crippen molar-refractivity contribution in [1.29, 1.82) is 0 Å². The van der Waals surface area contributed by atoms with Crippen molar-refractivity contribution in [3.8, 4) is 0 Å². The van der Waals surface area contributed by atoms with Crippen LogP contribution in [0.2, 0.25) is 0 Å². The minimum atomic E-state index is 0.506. The van der Waals surface area contributed by atoms with Gasteiger partial charge >= 0.3 is 0 Å². The largest absolute Gasteiger partial charge is 0.479 e. The van der Waals surface area contributed by atoms with E-state index in [9.17, 15) is 0 Å². The number of benzene rings is 3. The monoisotopic (exact) mass is 416 g/mol. The van der Waals surface area contributed by atoms with E-state index in [1.165, 1.54) is 22.9 Å². The second-order valence-electron chi connectivity index (χ2n) is 6.72. The van der Waals surface area contributed by atoms with Gasteiger partial charge in [0.15, 0.2) is 0 Å². The Morgan fingerprint density at radius 3 is 1.90 bits per heavy atom. The first-order valence-corrected chi connectivity index (χ1v) is 10.8. The average Bonchev–Trinajstić information content (AvgIpc) is 2.72. The molecule has 0 unspecified atom stereocenters. The zero-order valence-electron chi connectivity index (χ0n) is 16.9. The van der Waals surface area contributed by atoms with E-state index in [1.807, 2.05) is 25.1 Å². The van der Waals surface area contributed by atoms with Crippen molar-refractivity contribution in [1.82, 2.24) is 0 Å². The Hall–Kier alpha value is -2.58. The molecule has 3 aromatic rings. The van der Waals surface area contributed by atoms with E-state index in [4.69, 9.17) is 17.0 Å². The maximum atomic E-state index is 5.55. The quantitative estimate of drug-likeness (QED) is 0.316. The first kappa shape index (κ1) is 21.1. The topological polar surface area (TPSA) is 9.23 Å². The Balaban J connectivity index is 2.27. The highest BCUT2D eigenvalue weighted by Gasteiger charge is 2.11. The Morgan fingerprint density at radius 1 is 0.828 bits per heavy atom. The fraction of sp³-hybridized carbons (Fsp3) is 0.154. The Kier molecular flexibility index (Phi) is 7.48. The number of hydrogen-bond donors (Lipinski definition) is 0. The van der Waals surface area contributed by atoms with Gasteiger partial charge in [-0.15, -0.1) is 0 Å². The van der Waals surface area contributed by atoms with Crippen LogP contribution in [0, 0.1) is 13.8 Å². The van der Waals surface area contributed by atoms with Crippen LogP contribution in [0.3, 0.4) is 0 Å². The van der Waals surface area contributed by atoms with E-state index in [0.717, 1.165) is 27.2 Å². The summed E-state index contributed by atoms with van der Waals surface area (Å²) >= 11 is 6.87. The lowest BCUT2D eigenvalue weighted by Gasteiger charge is -2.11. The van der Waals surface area contributed by atoms with Crippen molar-refractivity contribution in [2.75, 3.05) is 6.61 Å². The second kappa shape index (κ2) is 10.3. The molecule has 1 nitrogen and oxygen atoms in total. The van der Waals surface area contributed by atoms with Crippen LogP contribution in [0.5, 0.6) is 0 Å². The van der Waals surface area contributed by atoms with Crippen molar-refractivity contribution in [2.45, 2.75) is 20.8 Å². The molecule has 0 saturated heterocycles. The van der Waals surface area contributed by atoms with Crippen molar-refractivity contribution in [2.24, 2.45) is 0 Å². The minimum Gasteiger partial charge on any atom is -0.479 e. The summed E-state index contributed by atoms with van der Waals surface area (Å²) in [6, 6.07) is 27.3. The molecule has 0 aliphatic carbocycles. The molecule has 0 aromatic heterocycles. The summed E-state index contributed by atoms with van der Waals surface area (Å²) in [5.41, 5.74) is 10.5. The summed E-state index contributed by atoms with van der Waals surface area (Å²) < 4.78 is 6.06. The standard InChI is InChI=1S/C26H24OS2/c1-4-27-26(28)29-25(21-12-6-5-7-13-21)18-24(22-14-8-10-19(2)16-22)23-15-9-11-20(3)17-23/h5-17H,4H2,1-3H3. The van der Waals surface area contributed by atoms with Crippen molar-refractivity contribution in [3.05, 3.63) is 112 Å². The van der Waals surface area contributed by atoms with Gasteiger partial charge in [0.1, 0.15) is 0 Å². The van der Waals surface area contributed by atoms with Crippen LogP contribution in [0.15, 0.2) is 84.6 Å². The van der Waals surface area contributed by atoms with E-state index in [2.05, 4.69) is 80.2 Å². The van der Waals surface area contributed by atoms with Gasteiger partial charge in [0.05, 0.1) is 11.5 Å². The molecule has 0 spiro atoms. The van der Waals surface area contributed by atoms with Gasteiger partial charge in [-0.2, -0.15) is 0 Å². The second-order valence-corrected chi connectivity index (χ2v) is 8.33. The predicted octanol–water partition coefficient (Wildman–Crippen LogP) is 7.43. The summed E-state index contributed by atoms with van der Waals surface area (Å²) in [5, 5.41) is 0. The first-order valence-electron chi connectivity index (χ1n) is 9.62. The molecule has 0 radical (unpaired) electrons. The maximum absolute atomic E-state index is 5.55. The number of rotatable bonds is 5. The van der Waals surface area contributed by atoms with Crippen LogP contribution in [0.4, 0.5) is 0 Å². The molecule has 0 aliphatic heterocycles. The minimum absolute atomic E-state index is 0.506. The number of hydrogen-bond acceptors (Lipinski definition) is 3. The van der Waals surface area contributed by atoms with Crippen LogP contribution in [-0.2, 0) is 4.74 Å². The summed E-state index contributed by atoms with van der Waals surface area (Å²) in [7, 11) is 0. The van der Waals surface area contributed by atoms with Gasteiger partial charge in [-0.1, -0.05) is 95.7 Å². The lowest BCUT2D eigenvalue weighted by Crippen LogP contribution is -1.96. The van der Waals surface area contributed by atoms with Crippen molar-refractivity contribution < 1.29 is 4.74 Å². The molecular weight excluding hydrogens is 392 g/mol. The molecule has 0 N–H and O–H groups in total. The SMILES string of the molecule is CCOC(=S)SC(=C=C(c1cccc(C)c1)c1cccc(C)c1)c1ccccc1. The number of thiocarbonyl (C=S) groups is 1. The molecule has 0 heterocycles. The van der Waals surface area contributed by atoms with E-state index >= 15 is 0 Å². The van der Waals surface area contributed by atoms with Crippen LogP contribution in [0.1, 0.15) is 34.7 Å². The average molecular weight is 417 g/mol. The summed E-state index contributed by atoms with van der Waals surface area (Å²) in [6.07, 6.45) is 0. The lowest BCUT2D eigenvalue weighted by atomic mass is 9.96. The zero-order chi connectivity index (χ0) is 20.6. The molecule has 0 fully saturated rings. The molecule has 0 aliphatic rings. The summed E-state index contributed by atoms with van der Waals surface area (Å²) in [6.45, 7) is 6.72. The highest BCUT2D eigenvalue weighted by molar-refractivity contribution is 8.28. The third-order valence-electron chi connectivity index (χ3n) is 4.34. The number of ether oxygens (including phenoxy) is 1. The van der Waals surface area contributed by atoms with Gasteiger partial charge in [0, 0.05) is 5.57 Å². The van der Waals surface area contributed by atoms with Gasteiger partial charge in [-0.05, 0) is 61.4 Å². The van der Waals surface area contributed by atoms with Crippen LogP contribution in [0.25, 0.3) is 10.5 Å². The van der Waals surface area contributed by atoms with Gasteiger partial charge in [-0.3, -0.25) is 0 Å². The van der Waals surface area contributed by atoms with Gasteiger partial charge in [0.25, 0.3) is 0 Å². The lowest BCUT2D eigenvalue weighted by molar-refractivity contribution is 0.346. The Bertz CT molecular complexity index is 1010. The van der Waals surface area contributed by atoms with Gasteiger partial charge in [-0.25, -0.2) is 0 Å². The van der Waals surface area contributed by atoms with Crippen molar-refractivity contribution in [3.63, 3.8) is 0 Å². The normalized spacial score (nSPS) is 10.2. The first-order chi connectivity index (χ1) is 14.1. The smallest absolute Gasteiger partial charge is 0.225 e. The van der Waals surface area contributed by atoms with E-state index < -0.39 is 0 Å². The molecule has 0 amide bonds. The Morgan fingerprint density at radius 2 is 1.38 bits per heavy atom. The fourth-order valence-electron chi connectivity index (χ4n) is 3.00. The molecule has 3 aromatic carbocycles. The highest BCUT2D eigenvalue weighted by Crippen LogP contribution is 2.32. The molecule has 0 bridgehead atoms. The van der Waals surface area contributed by atoms with Crippen LogP contribution in [-0.4, -0.2) is 11.0 Å². The molecule has 3 heteroatoms. The predicted molar refractivity (Wildman–Crippen MR) is 130 cm³/mol. The number of aryl methyl sites for hydroxylation is 2. The van der Waals surface area contributed by atoms with Crippen LogP contribution >= 0.6 is 24.0 Å².